The van der Waals surface area contributed by atoms with E-state index in [1.807, 2.05) is 34.6 Å². The van der Waals surface area contributed by atoms with Crippen LogP contribution >= 0.6 is 0 Å². The Labute approximate surface area is 450 Å². The van der Waals surface area contributed by atoms with E-state index in [2.05, 4.69) is 58.6 Å². The molecule has 0 amide bonds. The van der Waals surface area contributed by atoms with Crippen molar-refractivity contribution < 1.29 is 95.1 Å². The van der Waals surface area contributed by atoms with Crippen LogP contribution in [0, 0.1) is 46.4 Å². The van der Waals surface area contributed by atoms with Crippen molar-refractivity contribution in [1.29, 1.82) is 0 Å². The van der Waals surface area contributed by atoms with Crippen molar-refractivity contribution in [2.24, 2.45) is 16.2 Å². The number of alkyl halides is 9. The van der Waals surface area contributed by atoms with Crippen LogP contribution in [0.25, 0.3) is 0 Å². The molecule has 0 spiro atoms. The standard InChI is InChI=1S/C11H12F4.C10H14.C9H17FO2.2C8H15FO2.CH2F2O.CH2F2.3CH3F.4CH4/c1-4-5(2)7-8(12)6(3)9(13)11(15)10(7)14;1-3-9(2)10-7-5-4-6-8-10;1-4-9(2,3)8(11)12-7-5-6-10;2*1-4-8(2,3)7(10)11-6-5-9;2-1-4-3;2-1-3;3*1-2;;;;/h5H,4H2,1-3H3;4-9H,3H2,1-2H3;4-7H2,1-3H3;2*4-6H2,1-3H3;1H2;1H2;3*1H3;4*1H4. The second-order valence-electron chi connectivity index (χ2n) is 16.2. The molecule has 462 valence electrons. The quantitative estimate of drug-likeness (QED) is 0.0367. The van der Waals surface area contributed by atoms with Crippen molar-refractivity contribution in [2.75, 3.05) is 75.2 Å². The van der Waals surface area contributed by atoms with Crippen molar-refractivity contribution in [3.05, 3.63) is 70.3 Å². The number of esters is 3. The van der Waals surface area contributed by atoms with Gasteiger partial charge < -0.3 is 14.2 Å². The van der Waals surface area contributed by atoms with Gasteiger partial charge in [0.25, 0.3) is 0 Å². The molecule has 0 aliphatic carbocycles. The molecule has 0 bridgehead atoms. The van der Waals surface area contributed by atoms with Gasteiger partial charge in [0, 0.05) is 17.5 Å². The van der Waals surface area contributed by atoms with E-state index >= 15 is 0 Å². The minimum absolute atomic E-state index is 0. The van der Waals surface area contributed by atoms with Crippen LogP contribution in [0.15, 0.2) is 30.3 Å². The number of benzene rings is 2. The molecule has 0 N–H and O–H groups in total. The van der Waals surface area contributed by atoms with Gasteiger partial charge in [0.15, 0.2) is 17.5 Å². The maximum atomic E-state index is 13.5. The van der Waals surface area contributed by atoms with Gasteiger partial charge in [-0.15, -0.1) is 0 Å². The molecule has 0 radical (unpaired) electrons. The summed E-state index contributed by atoms with van der Waals surface area (Å²) in [5.41, 5.74) is -0.774. The van der Waals surface area contributed by atoms with Crippen molar-refractivity contribution in [2.45, 2.75) is 177 Å². The van der Waals surface area contributed by atoms with Crippen LogP contribution in [0.1, 0.15) is 187 Å². The second kappa shape index (κ2) is 65.1. The van der Waals surface area contributed by atoms with Crippen LogP contribution in [0.3, 0.4) is 0 Å². The van der Waals surface area contributed by atoms with Gasteiger partial charge in [-0.25, -0.2) is 39.5 Å². The fourth-order valence-electron chi connectivity index (χ4n) is 3.93. The summed E-state index contributed by atoms with van der Waals surface area (Å²) in [6.45, 7) is 20.6. The summed E-state index contributed by atoms with van der Waals surface area (Å²) in [5.74, 6) is -6.08. The Balaban J connectivity index is -0.0000000631. The predicted molar refractivity (Wildman–Crippen MR) is 286 cm³/mol. The van der Waals surface area contributed by atoms with E-state index in [-0.39, 0.29) is 73.0 Å². The Morgan fingerprint density at radius 1 is 0.500 bits per heavy atom. The zero-order chi connectivity index (χ0) is 58.7. The number of carbonyl (C=O) groups is 3. The third kappa shape index (κ3) is 50.6. The Morgan fingerprint density at radius 2 is 0.803 bits per heavy atom. The van der Waals surface area contributed by atoms with Crippen molar-refractivity contribution >= 4 is 17.9 Å². The molecule has 0 saturated heterocycles. The lowest BCUT2D eigenvalue weighted by Gasteiger charge is -2.19. The number of rotatable bonds is 18. The van der Waals surface area contributed by atoms with E-state index in [4.69, 9.17) is 4.74 Å². The Morgan fingerprint density at radius 3 is 1.05 bits per heavy atom. The second-order valence-corrected chi connectivity index (χ2v) is 16.2. The number of hydrogen-bond acceptors (Lipinski definition) is 7. The first-order valence-electron chi connectivity index (χ1n) is 22.8. The SMILES string of the molecule is C.C.C.C.CCC(C)(C)C(=O)OCCCF.CCC(C)(C)C(=O)OCCF.CCC(C)(C)C(=O)OCCF.CCC(C)c1c(F)c(C)c(F)c(F)c1F.CCC(C)c1ccccc1.CF.CF.CF.FCF.FCOF. The van der Waals surface area contributed by atoms with E-state index in [0.29, 0.717) is 53.1 Å². The zero-order valence-electron chi connectivity index (χ0n) is 45.6. The van der Waals surface area contributed by atoms with Crippen LogP contribution in [0.4, 0.5) is 61.6 Å². The van der Waals surface area contributed by atoms with Gasteiger partial charge in [-0.3, -0.25) is 31.9 Å². The molecule has 0 saturated carbocycles. The Kier molecular flexibility index (Phi) is 86.3. The van der Waals surface area contributed by atoms with E-state index in [9.17, 15) is 76.0 Å². The molecule has 2 rings (SSSR count). The molecule has 21 heteroatoms. The zero-order valence-corrected chi connectivity index (χ0v) is 45.6. The summed E-state index contributed by atoms with van der Waals surface area (Å²) in [6, 6.07) is 10.6. The lowest BCUT2D eigenvalue weighted by Crippen LogP contribution is -2.26. The fraction of sp³-hybridized carbons (Fsp3) is 0.727. The highest BCUT2D eigenvalue weighted by Crippen LogP contribution is 2.30. The van der Waals surface area contributed by atoms with Gasteiger partial charge in [0.2, 0.25) is 13.8 Å². The monoisotopic (exact) mass is 1140 g/mol. The molecule has 7 nitrogen and oxygen atoms in total. The molecule has 2 aromatic carbocycles. The molecule has 2 atom stereocenters. The molecular formula is C55H102F14O7. The molecule has 0 fully saturated rings. The number of ether oxygens (including phenoxy) is 3. The predicted octanol–water partition coefficient (Wildman–Crippen LogP) is 19.5. The lowest BCUT2D eigenvalue weighted by molar-refractivity contribution is -0.167. The first kappa shape index (κ1) is 101. The number of carbonyl (C=O) groups excluding carboxylic acids is 3. The molecular weight excluding hydrogens is 1040 g/mol. The van der Waals surface area contributed by atoms with Gasteiger partial charge >= 0.3 is 17.9 Å². The molecule has 2 aromatic rings. The highest BCUT2D eigenvalue weighted by Gasteiger charge is 2.29. The summed E-state index contributed by atoms with van der Waals surface area (Å²) < 4.78 is 169. The molecule has 2 unspecified atom stereocenters. The van der Waals surface area contributed by atoms with Crippen LogP contribution in [0.5, 0.6) is 0 Å². The average molecular weight is 1140 g/mol. The van der Waals surface area contributed by atoms with Crippen molar-refractivity contribution in [3.8, 4) is 0 Å². The minimum atomic E-state index is -1.75. The maximum Gasteiger partial charge on any atom is 0.311 e. The van der Waals surface area contributed by atoms with Gasteiger partial charge in [-0.05, 0) is 102 Å². The normalized spacial score (nSPS) is 10.2. The Hall–Kier alpha value is -4.17. The van der Waals surface area contributed by atoms with E-state index in [1.165, 1.54) is 12.0 Å². The summed E-state index contributed by atoms with van der Waals surface area (Å²) in [6.07, 6.45) is 4.13. The van der Waals surface area contributed by atoms with Crippen molar-refractivity contribution in [1.82, 2.24) is 0 Å². The highest BCUT2D eigenvalue weighted by molar-refractivity contribution is 5.76. The van der Waals surface area contributed by atoms with Gasteiger partial charge in [-0.1, -0.05) is 109 Å². The molecule has 0 aliphatic heterocycles. The first-order chi connectivity index (χ1) is 33.7. The summed E-state index contributed by atoms with van der Waals surface area (Å²) in [7, 11) is 1.50. The van der Waals surface area contributed by atoms with E-state index in [0.717, 1.165) is 13.3 Å². The van der Waals surface area contributed by atoms with Gasteiger partial charge in [-0.2, -0.15) is 4.94 Å². The first-order valence-corrected chi connectivity index (χ1v) is 22.8. The van der Waals surface area contributed by atoms with E-state index < -0.39 is 84.8 Å². The molecule has 0 aliphatic rings. The Bertz CT molecular complexity index is 1480. The van der Waals surface area contributed by atoms with Gasteiger partial charge in [0.1, 0.15) is 32.4 Å². The lowest BCUT2D eigenvalue weighted by atomic mass is 9.91. The van der Waals surface area contributed by atoms with Crippen LogP contribution in [0.2, 0.25) is 0 Å². The summed E-state index contributed by atoms with van der Waals surface area (Å²) in [5, 5.41) is 0. The smallest absolute Gasteiger partial charge is 0.311 e. The largest absolute Gasteiger partial charge is 0.465 e. The van der Waals surface area contributed by atoms with E-state index in [1.54, 1.807) is 41.5 Å². The summed E-state index contributed by atoms with van der Waals surface area (Å²) in [4.78, 5) is 35.7. The topological polar surface area (TPSA) is 88.1 Å². The van der Waals surface area contributed by atoms with Gasteiger partial charge in [0.05, 0.1) is 51.1 Å². The van der Waals surface area contributed by atoms with Crippen LogP contribution in [-0.4, -0.2) is 93.1 Å². The maximum absolute atomic E-state index is 13.5. The average Bonchev–Trinajstić information content (AvgIpc) is 3.40. The van der Waals surface area contributed by atoms with Crippen molar-refractivity contribution in [3.63, 3.8) is 0 Å². The third-order valence-electron chi connectivity index (χ3n) is 10.1. The minimum Gasteiger partial charge on any atom is -0.465 e. The number of hydrogen-bond donors (Lipinski definition) is 0. The molecule has 0 aromatic heterocycles. The highest BCUT2D eigenvalue weighted by atomic mass is 19.3. The van der Waals surface area contributed by atoms with Crippen LogP contribution < -0.4 is 0 Å². The fourth-order valence-corrected chi connectivity index (χ4v) is 3.93. The molecule has 76 heavy (non-hydrogen) atoms. The summed E-state index contributed by atoms with van der Waals surface area (Å²) >= 11 is 0. The molecule has 0 heterocycles. The number of halogens is 14. The third-order valence-corrected chi connectivity index (χ3v) is 10.1. The van der Waals surface area contributed by atoms with Crippen LogP contribution in [-0.2, 0) is 33.5 Å².